The second kappa shape index (κ2) is 16.0. The highest BCUT2D eigenvalue weighted by atomic mass is 28.4. The van der Waals surface area contributed by atoms with Crippen molar-refractivity contribution in [3.63, 3.8) is 0 Å². The number of rotatable bonds is 20. The average molecular weight is 539 g/mol. The summed E-state index contributed by atoms with van der Waals surface area (Å²) in [5, 5.41) is 0. The predicted octanol–water partition coefficient (Wildman–Crippen LogP) is 7.24. The van der Waals surface area contributed by atoms with Crippen LogP contribution >= 0.6 is 0 Å². The van der Waals surface area contributed by atoms with Crippen LogP contribution in [-0.2, 0) is 12.3 Å². The molecule has 0 amide bonds. The van der Waals surface area contributed by atoms with Crippen LogP contribution < -0.4 is 0 Å². The Morgan fingerprint density at radius 1 is 0.419 bits per heavy atom. The lowest BCUT2D eigenvalue weighted by Crippen LogP contribution is -2.44. The van der Waals surface area contributed by atoms with Gasteiger partial charge < -0.3 is 12.3 Å². The van der Waals surface area contributed by atoms with E-state index in [2.05, 4.69) is 65.5 Å². The third kappa shape index (κ3) is 19.2. The van der Waals surface area contributed by atoms with E-state index in [0.717, 1.165) is 0 Å². The predicted molar refractivity (Wildman–Crippen MR) is 158 cm³/mol. The molecule has 0 aliphatic carbocycles. The summed E-state index contributed by atoms with van der Waals surface area (Å²) in [5.41, 5.74) is 0. The highest BCUT2D eigenvalue weighted by Crippen LogP contribution is 2.26. The van der Waals surface area contributed by atoms with Gasteiger partial charge in [0.25, 0.3) is 0 Å². The summed E-state index contributed by atoms with van der Waals surface area (Å²) in [6.07, 6.45) is 10.9. The van der Waals surface area contributed by atoms with Crippen molar-refractivity contribution >= 4 is 52.8 Å². The van der Waals surface area contributed by atoms with Crippen LogP contribution in [0.2, 0.25) is 89.6 Å². The molecule has 0 N–H and O–H groups in total. The molecule has 0 bridgehead atoms. The fourth-order valence-corrected chi connectivity index (χ4v) is 23.3. The van der Waals surface area contributed by atoms with E-state index in [0.29, 0.717) is 0 Å². The van der Waals surface area contributed by atoms with E-state index in [1.54, 1.807) is 0 Å². The van der Waals surface area contributed by atoms with Gasteiger partial charge in [-0.15, -0.1) is 0 Å². The van der Waals surface area contributed by atoms with Gasteiger partial charge in [-0.05, 0) is 76.6 Å². The van der Waals surface area contributed by atoms with E-state index in [9.17, 15) is 0 Å². The minimum atomic E-state index is -1.51. The van der Waals surface area contributed by atoms with Crippen LogP contribution in [0.4, 0.5) is 0 Å². The van der Waals surface area contributed by atoms with Gasteiger partial charge in [-0.25, -0.2) is 0 Å². The topological polar surface area (TPSA) is 27.7 Å². The van der Waals surface area contributed by atoms with E-state index in [-0.39, 0.29) is 19.5 Å². The van der Waals surface area contributed by atoms with Crippen molar-refractivity contribution in [1.82, 2.24) is 0 Å². The van der Waals surface area contributed by atoms with Gasteiger partial charge in [-0.2, -0.15) is 0 Å². The number of unbranched alkanes of at least 4 members (excludes halogenated alkanes) is 6. The van der Waals surface area contributed by atoms with Crippen LogP contribution in [0.1, 0.15) is 51.4 Å². The molecule has 0 fully saturated rings. The molecule has 0 unspecified atom stereocenters. The standard InChI is InChI=1S/C22H58O3Si6/c1-26-23-28(3,4)19-15-11-13-17-21-30(7,8)25-31(9,10)22-18-14-12-16-20-29(5,6)24-27-2/h11-22,26-27H2,1-10H3. The Morgan fingerprint density at radius 2 is 0.677 bits per heavy atom. The lowest BCUT2D eigenvalue weighted by Gasteiger charge is -2.34. The van der Waals surface area contributed by atoms with Gasteiger partial charge in [0.2, 0.25) is 0 Å². The fraction of sp³-hybridized carbons (Fsp3) is 1.00. The molecule has 0 heterocycles. The maximum absolute atomic E-state index is 6.87. The number of hydrogen-bond acceptors (Lipinski definition) is 3. The molecular formula is C22H58O3Si6. The molecule has 9 heteroatoms. The first-order chi connectivity index (χ1) is 14.2. The Morgan fingerprint density at radius 3 is 0.935 bits per heavy atom. The largest absolute Gasteiger partial charge is 0.461 e. The minimum Gasteiger partial charge on any atom is -0.461 e. The second-order valence-corrected chi connectivity index (χ2v) is 32.2. The maximum Gasteiger partial charge on any atom is 0.173 e. The third-order valence-electron chi connectivity index (χ3n) is 6.24. The molecule has 31 heavy (non-hydrogen) atoms. The van der Waals surface area contributed by atoms with Crippen molar-refractivity contribution in [2.24, 2.45) is 0 Å². The first kappa shape index (κ1) is 32.2. The van der Waals surface area contributed by atoms with Crippen LogP contribution in [0.15, 0.2) is 0 Å². The van der Waals surface area contributed by atoms with Gasteiger partial charge in [0, 0.05) is 0 Å². The van der Waals surface area contributed by atoms with Gasteiger partial charge in [0.05, 0.1) is 0 Å². The Balaban J connectivity index is 3.97. The van der Waals surface area contributed by atoms with Crippen LogP contribution in [0.3, 0.4) is 0 Å². The molecule has 0 aromatic carbocycles. The smallest absolute Gasteiger partial charge is 0.173 e. The Kier molecular flexibility index (Phi) is 16.6. The maximum atomic E-state index is 6.87. The molecule has 0 radical (unpaired) electrons. The van der Waals surface area contributed by atoms with Gasteiger partial charge in [0.1, 0.15) is 19.5 Å². The molecule has 0 saturated heterocycles. The molecule has 3 nitrogen and oxygen atoms in total. The summed E-state index contributed by atoms with van der Waals surface area (Å²) < 4.78 is 19.1. The zero-order chi connectivity index (χ0) is 24.0. The Hall–Kier alpha value is 1.18. The molecular weight excluding hydrogens is 481 g/mol. The first-order valence-electron chi connectivity index (χ1n) is 13.2. The van der Waals surface area contributed by atoms with Crippen molar-refractivity contribution in [1.29, 1.82) is 0 Å². The van der Waals surface area contributed by atoms with Crippen molar-refractivity contribution in [2.45, 2.75) is 141 Å². The van der Waals surface area contributed by atoms with Gasteiger partial charge in [-0.1, -0.05) is 64.5 Å². The summed E-state index contributed by atoms with van der Waals surface area (Å²) in [7, 11) is -6.14. The molecule has 0 spiro atoms. The zero-order valence-electron chi connectivity index (χ0n) is 23.1. The molecule has 0 aromatic rings. The molecule has 0 aliphatic heterocycles. The average Bonchev–Trinajstić information content (AvgIpc) is 2.59. The first-order valence-corrected chi connectivity index (χ1v) is 29.7. The Bertz CT molecular complexity index is 419. The molecule has 188 valence electrons. The van der Waals surface area contributed by atoms with Crippen LogP contribution in [0.25, 0.3) is 0 Å². The monoisotopic (exact) mass is 538 g/mol. The summed E-state index contributed by atoms with van der Waals surface area (Å²) in [6.45, 7) is 23.9. The summed E-state index contributed by atoms with van der Waals surface area (Å²) in [4.78, 5) is 0. The van der Waals surface area contributed by atoms with Gasteiger partial charge in [-0.3, -0.25) is 0 Å². The number of hydrogen-bond donors (Lipinski definition) is 0. The second-order valence-electron chi connectivity index (χ2n) is 11.8. The molecule has 0 saturated carbocycles. The normalized spacial score (nSPS) is 14.5. The third-order valence-corrected chi connectivity index (χ3v) is 25.5. The fourth-order valence-electron chi connectivity index (χ4n) is 4.69. The SMILES string of the molecule is C[SiH2]O[Si](C)(C)CCCCCC[Si](C)(C)O[Si](C)(C)CCCCCC[Si](C)(C)O[SiH2]C. The zero-order valence-corrected chi connectivity index (χ0v) is 30.0. The van der Waals surface area contributed by atoms with E-state index < -0.39 is 33.3 Å². The quantitative estimate of drug-likeness (QED) is 0.121. The molecule has 0 atom stereocenters. The van der Waals surface area contributed by atoms with Crippen LogP contribution in [-0.4, -0.2) is 52.8 Å². The van der Waals surface area contributed by atoms with E-state index >= 15 is 0 Å². The highest BCUT2D eigenvalue weighted by Gasteiger charge is 2.32. The summed E-state index contributed by atoms with van der Waals surface area (Å²) in [5.74, 6) is 0. The summed E-state index contributed by atoms with van der Waals surface area (Å²) >= 11 is 0. The van der Waals surface area contributed by atoms with Crippen molar-refractivity contribution in [2.75, 3.05) is 0 Å². The van der Waals surface area contributed by atoms with Crippen LogP contribution in [0, 0.1) is 0 Å². The molecule has 0 rings (SSSR count). The van der Waals surface area contributed by atoms with E-state index in [1.807, 2.05) is 0 Å². The Labute approximate surface area is 205 Å². The lowest BCUT2D eigenvalue weighted by molar-refractivity contribution is 0.520. The molecule has 0 aromatic heterocycles. The van der Waals surface area contributed by atoms with Gasteiger partial charge in [0.15, 0.2) is 33.3 Å². The van der Waals surface area contributed by atoms with Gasteiger partial charge >= 0.3 is 0 Å². The summed E-state index contributed by atoms with van der Waals surface area (Å²) in [6, 6.07) is 5.36. The van der Waals surface area contributed by atoms with Crippen molar-refractivity contribution < 1.29 is 12.3 Å². The minimum absolute atomic E-state index is 0.236. The highest BCUT2D eigenvalue weighted by molar-refractivity contribution is 6.84. The van der Waals surface area contributed by atoms with E-state index in [1.165, 1.54) is 75.5 Å². The van der Waals surface area contributed by atoms with Crippen molar-refractivity contribution in [3.8, 4) is 0 Å². The lowest BCUT2D eigenvalue weighted by atomic mass is 10.2. The van der Waals surface area contributed by atoms with Crippen molar-refractivity contribution in [3.05, 3.63) is 0 Å². The van der Waals surface area contributed by atoms with Crippen LogP contribution in [0.5, 0.6) is 0 Å². The molecule has 0 aliphatic rings. The van der Waals surface area contributed by atoms with E-state index in [4.69, 9.17) is 12.3 Å².